The molecule has 0 aliphatic carbocycles. The number of hydrogen-bond acceptors (Lipinski definition) is 3. The number of aryl methyl sites for hydroxylation is 1. The van der Waals surface area contributed by atoms with Crippen molar-refractivity contribution in [2.24, 2.45) is 5.16 Å². The van der Waals surface area contributed by atoms with Crippen LogP contribution in [0.4, 0.5) is 9.18 Å². The molecule has 1 aliphatic rings. The van der Waals surface area contributed by atoms with Crippen molar-refractivity contribution < 1.29 is 14.0 Å². The summed E-state index contributed by atoms with van der Waals surface area (Å²) in [5.41, 5.74) is 3.83. The molecular formula is C21H24FN3O2. The standard InChI is InChI=1S/C21H24FN3O2/c1-3-23-21(26)25(13-16-8-6-9-17(22)11-16)14-18-12-20(24-27-18)19-10-5-4-7-15(19)2/h4-11,18H,3,12-14H2,1-2H3,(H,23,26). The Morgan fingerprint density at radius 1 is 1.30 bits per heavy atom. The number of carbonyl (C=O) groups is 1. The van der Waals surface area contributed by atoms with Crippen LogP contribution in [0.15, 0.2) is 53.7 Å². The van der Waals surface area contributed by atoms with Crippen molar-refractivity contribution in [1.29, 1.82) is 0 Å². The molecular weight excluding hydrogens is 345 g/mol. The number of hydrogen-bond donors (Lipinski definition) is 1. The van der Waals surface area contributed by atoms with E-state index in [-0.39, 0.29) is 18.0 Å². The highest BCUT2D eigenvalue weighted by molar-refractivity contribution is 6.02. The average molecular weight is 369 g/mol. The molecule has 0 saturated heterocycles. The first-order valence-electron chi connectivity index (χ1n) is 9.12. The molecule has 1 atom stereocenters. The van der Waals surface area contributed by atoms with E-state index in [2.05, 4.69) is 10.5 Å². The lowest BCUT2D eigenvalue weighted by Gasteiger charge is -2.25. The number of benzene rings is 2. The average Bonchev–Trinajstić information content (AvgIpc) is 3.10. The van der Waals surface area contributed by atoms with Crippen molar-refractivity contribution in [2.75, 3.05) is 13.1 Å². The second-order valence-corrected chi connectivity index (χ2v) is 6.63. The molecule has 2 aromatic carbocycles. The van der Waals surface area contributed by atoms with Crippen LogP contribution in [0.1, 0.15) is 30.0 Å². The largest absolute Gasteiger partial charge is 0.390 e. The lowest BCUT2D eigenvalue weighted by atomic mass is 10.0. The highest BCUT2D eigenvalue weighted by atomic mass is 19.1. The number of amides is 2. The smallest absolute Gasteiger partial charge is 0.317 e. The number of oxime groups is 1. The highest BCUT2D eigenvalue weighted by Gasteiger charge is 2.27. The molecule has 0 radical (unpaired) electrons. The normalized spacial score (nSPS) is 15.8. The highest BCUT2D eigenvalue weighted by Crippen LogP contribution is 2.21. The van der Waals surface area contributed by atoms with E-state index in [9.17, 15) is 9.18 Å². The van der Waals surface area contributed by atoms with Gasteiger partial charge < -0.3 is 15.1 Å². The van der Waals surface area contributed by atoms with E-state index in [1.165, 1.54) is 12.1 Å². The van der Waals surface area contributed by atoms with Gasteiger partial charge in [-0.1, -0.05) is 41.6 Å². The first-order chi connectivity index (χ1) is 13.1. The quantitative estimate of drug-likeness (QED) is 0.841. The van der Waals surface area contributed by atoms with Gasteiger partial charge in [0.05, 0.1) is 12.3 Å². The SMILES string of the molecule is CCNC(=O)N(Cc1cccc(F)c1)CC1CC(c2ccccc2C)=NO1. The summed E-state index contributed by atoms with van der Waals surface area (Å²) in [7, 11) is 0. The number of nitrogens with one attached hydrogen (secondary N) is 1. The summed E-state index contributed by atoms with van der Waals surface area (Å²) in [5, 5.41) is 7.03. The topological polar surface area (TPSA) is 53.9 Å². The minimum Gasteiger partial charge on any atom is -0.390 e. The lowest BCUT2D eigenvalue weighted by Crippen LogP contribution is -2.43. The molecule has 0 spiro atoms. The predicted octanol–water partition coefficient (Wildman–Crippen LogP) is 3.86. The van der Waals surface area contributed by atoms with Gasteiger partial charge in [0.2, 0.25) is 0 Å². The van der Waals surface area contributed by atoms with Crippen molar-refractivity contribution in [3.63, 3.8) is 0 Å². The second kappa shape index (κ2) is 8.66. The fourth-order valence-corrected chi connectivity index (χ4v) is 3.17. The summed E-state index contributed by atoms with van der Waals surface area (Å²) >= 11 is 0. The van der Waals surface area contributed by atoms with Gasteiger partial charge in [0.1, 0.15) is 5.82 Å². The molecule has 3 rings (SSSR count). The maximum atomic E-state index is 13.5. The number of carbonyl (C=O) groups excluding carboxylic acids is 1. The van der Waals surface area contributed by atoms with Crippen molar-refractivity contribution in [1.82, 2.24) is 10.2 Å². The van der Waals surface area contributed by atoms with Crippen LogP contribution in [0, 0.1) is 12.7 Å². The van der Waals surface area contributed by atoms with Gasteiger partial charge in [-0.2, -0.15) is 0 Å². The molecule has 5 nitrogen and oxygen atoms in total. The first kappa shape index (κ1) is 18.9. The zero-order chi connectivity index (χ0) is 19.2. The molecule has 142 valence electrons. The van der Waals surface area contributed by atoms with Gasteiger partial charge >= 0.3 is 6.03 Å². The minimum atomic E-state index is -0.314. The van der Waals surface area contributed by atoms with Crippen LogP contribution >= 0.6 is 0 Å². The van der Waals surface area contributed by atoms with Gasteiger partial charge in [0, 0.05) is 25.1 Å². The van der Waals surface area contributed by atoms with Crippen LogP contribution in [0.25, 0.3) is 0 Å². The van der Waals surface area contributed by atoms with Gasteiger partial charge in [-0.3, -0.25) is 0 Å². The molecule has 0 saturated carbocycles. The summed E-state index contributed by atoms with van der Waals surface area (Å²) in [6, 6.07) is 14.1. The zero-order valence-corrected chi connectivity index (χ0v) is 15.6. The number of halogens is 1. The Balaban J connectivity index is 1.68. The van der Waals surface area contributed by atoms with Crippen LogP contribution in [0.5, 0.6) is 0 Å². The zero-order valence-electron chi connectivity index (χ0n) is 15.6. The molecule has 6 heteroatoms. The van der Waals surface area contributed by atoms with Gasteiger partial charge in [-0.05, 0) is 37.1 Å². The molecule has 0 aromatic heterocycles. The Bertz CT molecular complexity index is 838. The van der Waals surface area contributed by atoms with Crippen molar-refractivity contribution in [3.05, 3.63) is 71.0 Å². The van der Waals surface area contributed by atoms with Gasteiger partial charge in [0.25, 0.3) is 0 Å². The molecule has 27 heavy (non-hydrogen) atoms. The first-order valence-corrected chi connectivity index (χ1v) is 9.12. The number of rotatable bonds is 6. The summed E-state index contributed by atoms with van der Waals surface area (Å²) < 4.78 is 13.5. The van der Waals surface area contributed by atoms with E-state index in [0.717, 1.165) is 22.4 Å². The molecule has 0 fully saturated rings. The molecule has 2 amide bonds. The van der Waals surface area contributed by atoms with E-state index in [1.807, 2.05) is 38.1 Å². The molecule has 1 unspecified atom stereocenters. The Labute approximate surface area is 158 Å². The lowest BCUT2D eigenvalue weighted by molar-refractivity contribution is 0.0590. The monoisotopic (exact) mass is 369 g/mol. The summed E-state index contributed by atoms with van der Waals surface area (Å²) in [4.78, 5) is 19.7. The molecule has 1 N–H and O–H groups in total. The van der Waals surface area contributed by atoms with Crippen LogP contribution in [0.2, 0.25) is 0 Å². The van der Waals surface area contributed by atoms with Gasteiger partial charge in [-0.15, -0.1) is 0 Å². The molecule has 1 heterocycles. The number of nitrogens with zero attached hydrogens (tertiary/aromatic N) is 2. The fraction of sp³-hybridized carbons (Fsp3) is 0.333. The maximum Gasteiger partial charge on any atom is 0.317 e. The van der Waals surface area contributed by atoms with Gasteiger partial charge in [0.15, 0.2) is 6.10 Å². The third-order valence-electron chi connectivity index (χ3n) is 4.49. The summed E-state index contributed by atoms with van der Waals surface area (Å²) in [5.74, 6) is -0.314. The van der Waals surface area contributed by atoms with E-state index < -0.39 is 0 Å². The van der Waals surface area contributed by atoms with E-state index in [1.54, 1.807) is 17.0 Å². The molecule has 0 bridgehead atoms. The van der Waals surface area contributed by atoms with Gasteiger partial charge in [-0.25, -0.2) is 9.18 Å². The van der Waals surface area contributed by atoms with Crippen LogP contribution in [-0.4, -0.2) is 35.8 Å². The fourth-order valence-electron chi connectivity index (χ4n) is 3.17. The van der Waals surface area contributed by atoms with Crippen molar-refractivity contribution in [2.45, 2.75) is 32.9 Å². The minimum absolute atomic E-state index is 0.199. The van der Waals surface area contributed by atoms with Crippen LogP contribution < -0.4 is 5.32 Å². The van der Waals surface area contributed by atoms with E-state index in [4.69, 9.17) is 4.84 Å². The molecule has 1 aliphatic heterocycles. The Kier molecular flexibility index (Phi) is 6.06. The summed E-state index contributed by atoms with van der Waals surface area (Å²) in [6.07, 6.45) is 0.403. The van der Waals surface area contributed by atoms with E-state index >= 15 is 0 Å². The Hall–Kier alpha value is -2.89. The third-order valence-corrected chi connectivity index (χ3v) is 4.49. The second-order valence-electron chi connectivity index (χ2n) is 6.63. The van der Waals surface area contributed by atoms with Crippen molar-refractivity contribution >= 4 is 11.7 Å². The van der Waals surface area contributed by atoms with Crippen LogP contribution in [0.3, 0.4) is 0 Å². The van der Waals surface area contributed by atoms with Crippen LogP contribution in [-0.2, 0) is 11.4 Å². The Morgan fingerprint density at radius 3 is 2.85 bits per heavy atom. The van der Waals surface area contributed by atoms with E-state index in [0.29, 0.717) is 26.1 Å². The maximum absolute atomic E-state index is 13.5. The number of urea groups is 1. The predicted molar refractivity (Wildman–Crippen MR) is 103 cm³/mol. The van der Waals surface area contributed by atoms with Crippen molar-refractivity contribution in [3.8, 4) is 0 Å². The summed E-state index contributed by atoms with van der Waals surface area (Å²) in [6.45, 7) is 5.11. The Morgan fingerprint density at radius 2 is 2.11 bits per heavy atom. The third kappa shape index (κ3) is 4.84. The molecule has 2 aromatic rings.